The lowest BCUT2D eigenvalue weighted by Gasteiger charge is -2.32. The van der Waals surface area contributed by atoms with E-state index in [-0.39, 0.29) is 25.7 Å². The molecule has 0 heterocycles. The van der Waals surface area contributed by atoms with Crippen LogP contribution in [0.15, 0.2) is 0 Å². The van der Waals surface area contributed by atoms with E-state index < -0.39 is 21.4 Å². The molecule has 6 nitrogen and oxygen atoms in total. The largest absolute Gasteiger partial charge is 0.394 e. The van der Waals surface area contributed by atoms with Gasteiger partial charge in [-0.1, -0.05) is 13.8 Å². The van der Waals surface area contributed by atoms with Crippen LogP contribution in [0.5, 0.6) is 0 Å². The maximum absolute atomic E-state index is 10.5. The van der Waals surface area contributed by atoms with Crippen LogP contribution in [0.1, 0.15) is 20.3 Å². The molecule has 16 heavy (non-hydrogen) atoms. The molecule has 0 aliphatic heterocycles. The van der Waals surface area contributed by atoms with Crippen LogP contribution in [0.2, 0.25) is 0 Å². The lowest BCUT2D eigenvalue weighted by Crippen LogP contribution is -2.53. The summed E-state index contributed by atoms with van der Waals surface area (Å²) >= 11 is 0. The van der Waals surface area contributed by atoms with Crippen molar-refractivity contribution in [2.24, 2.45) is 5.92 Å². The van der Waals surface area contributed by atoms with Crippen LogP contribution in [0.4, 0.5) is 0 Å². The smallest absolute Gasteiger partial charge is 0.266 e. The highest BCUT2D eigenvalue weighted by molar-refractivity contribution is 7.85. The number of aliphatic hydroxyl groups excluding tert-OH is 2. The van der Waals surface area contributed by atoms with Gasteiger partial charge in [-0.15, -0.1) is 0 Å². The summed E-state index contributed by atoms with van der Waals surface area (Å²) in [4.78, 5) is 0. The third-order valence-corrected chi connectivity index (χ3v) is 2.98. The summed E-state index contributed by atoms with van der Waals surface area (Å²) < 4.78 is 29.6. The minimum absolute atomic E-state index is 0.00727. The van der Waals surface area contributed by atoms with Gasteiger partial charge in [-0.05, 0) is 12.3 Å². The van der Waals surface area contributed by atoms with Gasteiger partial charge in [-0.2, -0.15) is 8.42 Å². The van der Waals surface area contributed by atoms with Crippen molar-refractivity contribution in [3.05, 3.63) is 0 Å². The van der Waals surface area contributed by atoms with Crippen LogP contribution in [0, 0.1) is 5.92 Å². The van der Waals surface area contributed by atoms with Crippen LogP contribution < -0.4 is 5.32 Å². The van der Waals surface area contributed by atoms with E-state index in [1.54, 1.807) is 0 Å². The quantitative estimate of drug-likeness (QED) is 0.424. The van der Waals surface area contributed by atoms with E-state index in [1.165, 1.54) is 0 Å². The van der Waals surface area contributed by atoms with Crippen molar-refractivity contribution in [3.8, 4) is 0 Å². The van der Waals surface area contributed by atoms with Gasteiger partial charge in [0.15, 0.2) is 0 Å². The maximum atomic E-state index is 10.5. The Bertz CT molecular complexity index is 284. The number of hydrogen-bond acceptors (Lipinski definition) is 5. The fourth-order valence-corrected chi connectivity index (χ4v) is 1.95. The zero-order chi connectivity index (χ0) is 12.8. The molecular formula is C9H21NO5S. The van der Waals surface area contributed by atoms with E-state index in [1.807, 2.05) is 13.8 Å². The van der Waals surface area contributed by atoms with Gasteiger partial charge in [-0.3, -0.25) is 4.55 Å². The highest BCUT2D eigenvalue weighted by Crippen LogP contribution is 2.15. The molecule has 0 aromatic carbocycles. The number of nitrogens with one attached hydrogen (secondary N) is 1. The van der Waals surface area contributed by atoms with Crippen LogP contribution in [-0.2, 0) is 10.1 Å². The average molecular weight is 255 g/mol. The predicted molar refractivity (Wildman–Crippen MR) is 60.8 cm³/mol. The third kappa shape index (κ3) is 6.39. The molecular weight excluding hydrogens is 234 g/mol. The third-order valence-electron chi connectivity index (χ3n) is 2.26. The molecule has 0 saturated carbocycles. The molecule has 0 aromatic heterocycles. The van der Waals surface area contributed by atoms with Gasteiger partial charge in [-0.25, -0.2) is 0 Å². The molecule has 0 amide bonds. The van der Waals surface area contributed by atoms with Gasteiger partial charge < -0.3 is 15.5 Å². The standard InChI is InChI=1S/C9H21NO5S/c1-8(2)5-9(6-11,7-12)10-3-4-16(13,14)15/h8,10-12H,3-7H2,1-2H3,(H,13,14,15). The molecule has 0 unspecified atom stereocenters. The molecule has 0 aromatic rings. The van der Waals surface area contributed by atoms with Crippen molar-refractivity contribution in [2.45, 2.75) is 25.8 Å². The lowest BCUT2D eigenvalue weighted by molar-refractivity contribution is 0.0759. The second-order valence-corrected chi connectivity index (χ2v) is 5.98. The minimum atomic E-state index is -4.02. The SMILES string of the molecule is CC(C)CC(CO)(CO)NCCS(=O)(=O)O. The van der Waals surface area contributed by atoms with Crippen LogP contribution in [-0.4, -0.2) is 54.2 Å². The molecule has 0 fully saturated rings. The van der Waals surface area contributed by atoms with Crippen molar-refractivity contribution in [1.29, 1.82) is 0 Å². The van der Waals surface area contributed by atoms with Crippen molar-refractivity contribution in [3.63, 3.8) is 0 Å². The Morgan fingerprint density at radius 1 is 1.25 bits per heavy atom. The van der Waals surface area contributed by atoms with E-state index >= 15 is 0 Å². The summed E-state index contributed by atoms with van der Waals surface area (Å²) in [5.41, 5.74) is -0.890. The lowest BCUT2D eigenvalue weighted by atomic mass is 9.90. The second kappa shape index (κ2) is 6.51. The summed E-state index contributed by atoms with van der Waals surface area (Å²) in [6, 6.07) is 0. The summed E-state index contributed by atoms with van der Waals surface area (Å²) in [5.74, 6) is -0.190. The maximum Gasteiger partial charge on any atom is 0.266 e. The van der Waals surface area contributed by atoms with E-state index in [0.29, 0.717) is 6.42 Å². The Hall–Kier alpha value is -0.210. The molecule has 0 radical (unpaired) electrons. The molecule has 4 N–H and O–H groups in total. The number of aliphatic hydroxyl groups is 2. The van der Waals surface area contributed by atoms with Gasteiger partial charge in [0.05, 0.1) is 24.5 Å². The molecule has 0 saturated heterocycles. The fourth-order valence-electron chi connectivity index (χ4n) is 1.59. The zero-order valence-corrected chi connectivity index (χ0v) is 10.5. The summed E-state index contributed by atoms with van der Waals surface area (Å²) in [7, 11) is -4.02. The molecule has 0 rings (SSSR count). The molecule has 0 aliphatic carbocycles. The minimum Gasteiger partial charge on any atom is -0.394 e. The molecule has 0 aliphatic rings. The Balaban J connectivity index is 4.33. The number of rotatable bonds is 8. The molecule has 0 atom stereocenters. The van der Waals surface area contributed by atoms with Gasteiger partial charge in [0.2, 0.25) is 0 Å². The predicted octanol–water partition coefficient (Wildman–Crippen LogP) is -0.767. The monoisotopic (exact) mass is 255 g/mol. The van der Waals surface area contributed by atoms with Crippen molar-refractivity contribution >= 4 is 10.1 Å². The molecule has 98 valence electrons. The van der Waals surface area contributed by atoms with Gasteiger partial charge >= 0.3 is 0 Å². The van der Waals surface area contributed by atoms with Crippen LogP contribution in [0.25, 0.3) is 0 Å². The highest BCUT2D eigenvalue weighted by atomic mass is 32.2. The van der Waals surface area contributed by atoms with Crippen molar-refractivity contribution in [2.75, 3.05) is 25.5 Å². The van der Waals surface area contributed by atoms with E-state index in [2.05, 4.69) is 5.32 Å². The van der Waals surface area contributed by atoms with Gasteiger partial charge in [0, 0.05) is 6.54 Å². The Kier molecular flexibility index (Phi) is 6.42. The van der Waals surface area contributed by atoms with Crippen molar-refractivity contribution in [1.82, 2.24) is 5.32 Å². The average Bonchev–Trinajstić information content (AvgIpc) is 2.13. The molecule has 0 bridgehead atoms. The summed E-state index contributed by atoms with van der Waals surface area (Å²) in [6.07, 6.45) is 0.519. The topological polar surface area (TPSA) is 107 Å². The first kappa shape index (κ1) is 15.8. The van der Waals surface area contributed by atoms with Crippen LogP contribution >= 0.6 is 0 Å². The van der Waals surface area contributed by atoms with Gasteiger partial charge in [0.1, 0.15) is 0 Å². The zero-order valence-electron chi connectivity index (χ0n) is 9.68. The summed E-state index contributed by atoms with van der Waals surface area (Å²) in [6.45, 7) is 3.29. The first-order valence-corrected chi connectivity index (χ1v) is 6.77. The summed E-state index contributed by atoms with van der Waals surface area (Å²) in [5, 5.41) is 21.2. The second-order valence-electron chi connectivity index (χ2n) is 4.41. The molecule has 7 heteroatoms. The van der Waals surface area contributed by atoms with Crippen LogP contribution in [0.3, 0.4) is 0 Å². The van der Waals surface area contributed by atoms with Gasteiger partial charge in [0.25, 0.3) is 10.1 Å². The van der Waals surface area contributed by atoms with Crippen molar-refractivity contribution < 1.29 is 23.2 Å². The first-order chi connectivity index (χ1) is 7.24. The first-order valence-electron chi connectivity index (χ1n) is 5.16. The van der Waals surface area contributed by atoms with E-state index in [0.717, 1.165) is 0 Å². The van der Waals surface area contributed by atoms with E-state index in [9.17, 15) is 18.6 Å². The Labute approximate surface area is 96.4 Å². The Morgan fingerprint density at radius 3 is 2.06 bits per heavy atom. The molecule has 0 spiro atoms. The normalized spacial score (nSPS) is 13.4. The Morgan fingerprint density at radius 2 is 1.75 bits per heavy atom. The van der Waals surface area contributed by atoms with E-state index in [4.69, 9.17) is 4.55 Å². The fraction of sp³-hybridized carbons (Fsp3) is 1.00. The highest BCUT2D eigenvalue weighted by Gasteiger charge is 2.29. The number of hydrogen-bond donors (Lipinski definition) is 4.